The van der Waals surface area contributed by atoms with Gasteiger partial charge in [0, 0.05) is 44.3 Å². The van der Waals surface area contributed by atoms with Gasteiger partial charge in [0.05, 0.1) is 0 Å². The van der Waals surface area contributed by atoms with Gasteiger partial charge in [-0.05, 0) is 29.8 Å². The summed E-state index contributed by atoms with van der Waals surface area (Å²) < 4.78 is 5.60. The molecule has 31 heavy (non-hydrogen) atoms. The van der Waals surface area contributed by atoms with Crippen LogP contribution in [0.2, 0.25) is 10.0 Å². The average Bonchev–Trinajstić information content (AvgIpc) is 3.21. The molecule has 4 nitrogen and oxygen atoms in total. The van der Waals surface area contributed by atoms with Crippen LogP contribution in [0.4, 0.5) is 0 Å². The number of fused-ring (bicyclic) bond motifs is 1. The van der Waals surface area contributed by atoms with E-state index >= 15 is 0 Å². The Morgan fingerprint density at radius 1 is 0.935 bits per heavy atom. The van der Waals surface area contributed by atoms with Crippen molar-refractivity contribution in [2.24, 2.45) is 0 Å². The first kappa shape index (κ1) is 20.9. The number of benzene rings is 3. The number of carbonyl (C=O) groups is 2. The number of carbonyl (C=O) groups excluding carboxylic acids is 2. The monoisotopic (exact) mass is 449 g/mol. The van der Waals surface area contributed by atoms with E-state index in [-0.39, 0.29) is 5.78 Å². The maximum atomic E-state index is 13.4. The second kappa shape index (κ2) is 9.21. The molecule has 0 aliphatic rings. The van der Waals surface area contributed by atoms with Gasteiger partial charge in [0.25, 0.3) is 0 Å². The summed E-state index contributed by atoms with van der Waals surface area (Å²) in [5.74, 6) is -0.969. The van der Waals surface area contributed by atoms with Crippen LogP contribution < -0.4 is 0 Å². The molecular formula is C25H17Cl2NO3. The first-order chi connectivity index (χ1) is 15.0. The van der Waals surface area contributed by atoms with E-state index < -0.39 is 12.1 Å². The maximum absolute atomic E-state index is 13.4. The molecule has 154 valence electrons. The number of nitrogens with one attached hydrogen (secondary N) is 1. The quantitative estimate of drug-likeness (QED) is 0.203. The van der Waals surface area contributed by atoms with Crippen molar-refractivity contribution in [1.82, 2.24) is 4.98 Å². The Hall–Kier alpha value is -3.34. The highest BCUT2D eigenvalue weighted by Crippen LogP contribution is 2.28. The zero-order valence-corrected chi connectivity index (χ0v) is 17.7. The first-order valence-corrected chi connectivity index (χ1v) is 10.3. The summed E-state index contributed by atoms with van der Waals surface area (Å²) in [5.41, 5.74) is 2.49. The van der Waals surface area contributed by atoms with E-state index in [1.54, 1.807) is 48.7 Å². The lowest BCUT2D eigenvalue weighted by atomic mass is 9.99. The molecule has 1 heterocycles. The van der Waals surface area contributed by atoms with Gasteiger partial charge in [0.1, 0.15) is 0 Å². The Morgan fingerprint density at radius 2 is 1.68 bits per heavy atom. The van der Waals surface area contributed by atoms with E-state index in [1.165, 1.54) is 12.2 Å². The molecule has 0 bridgehead atoms. The van der Waals surface area contributed by atoms with Gasteiger partial charge < -0.3 is 9.72 Å². The van der Waals surface area contributed by atoms with Gasteiger partial charge in [-0.15, -0.1) is 0 Å². The number of ether oxygens (including phenoxy) is 1. The summed E-state index contributed by atoms with van der Waals surface area (Å²) in [6.45, 7) is 0. The standard InChI is InChI=1S/C25H17Cl2NO3/c26-18-12-10-16(21(27)14-18)11-13-23(29)31-25(17-6-2-1-3-7-17)24(30)20-15-28-22-9-5-4-8-19(20)22/h1-15,25,28H/b13-11+. The van der Waals surface area contributed by atoms with Crippen molar-refractivity contribution in [2.45, 2.75) is 6.10 Å². The van der Waals surface area contributed by atoms with Crippen molar-refractivity contribution in [1.29, 1.82) is 0 Å². The Kier molecular flexibility index (Phi) is 6.21. The second-order valence-electron chi connectivity index (χ2n) is 6.84. The number of halogens is 2. The Labute approximate surface area is 189 Å². The molecule has 0 fully saturated rings. The molecule has 0 radical (unpaired) electrons. The number of H-pyrrole nitrogens is 1. The fourth-order valence-electron chi connectivity index (χ4n) is 3.27. The molecule has 0 amide bonds. The lowest BCUT2D eigenvalue weighted by Crippen LogP contribution is -2.19. The van der Waals surface area contributed by atoms with Crippen LogP contribution in [0, 0.1) is 0 Å². The van der Waals surface area contributed by atoms with Gasteiger partial charge >= 0.3 is 5.97 Å². The molecule has 1 aromatic heterocycles. The van der Waals surface area contributed by atoms with E-state index in [0.717, 1.165) is 10.9 Å². The molecule has 0 saturated carbocycles. The van der Waals surface area contributed by atoms with Crippen LogP contribution >= 0.6 is 23.2 Å². The van der Waals surface area contributed by atoms with Crippen LogP contribution in [-0.2, 0) is 9.53 Å². The van der Waals surface area contributed by atoms with Gasteiger partial charge in [-0.2, -0.15) is 0 Å². The van der Waals surface area contributed by atoms with E-state index in [1.807, 2.05) is 30.3 Å². The van der Waals surface area contributed by atoms with Gasteiger partial charge in [-0.3, -0.25) is 4.79 Å². The van der Waals surface area contributed by atoms with Crippen molar-refractivity contribution >= 4 is 51.9 Å². The number of hydrogen-bond donors (Lipinski definition) is 1. The zero-order chi connectivity index (χ0) is 21.8. The van der Waals surface area contributed by atoms with Crippen molar-refractivity contribution in [3.05, 3.63) is 112 Å². The summed E-state index contributed by atoms with van der Waals surface area (Å²) in [6.07, 6.45) is 3.32. The molecule has 0 aliphatic heterocycles. The third-order valence-electron chi connectivity index (χ3n) is 4.79. The molecule has 1 N–H and O–H groups in total. The van der Waals surface area contributed by atoms with Gasteiger partial charge in [0.2, 0.25) is 5.78 Å². The van der Waals surface area contributed by atoms with Crippen LogP contribution in [0.25, 0.3) is 17.0 Å². The van der Waals surface area contributed by atoms with Crippen LogP contribution in [0.5, 0.6) is 0 Å². The van der Waals surface area contributed by atoms with Crippen molar-refractivity contribution in [2.75, 3.05) is 0 Å². The van der Waals surface area contributed by atoms with Crippen molar-refractivity contribution < 1.29 is 14.3 Å². The minimum atomic E-state index is -1.08. The van der Waals surface area contributed by atoms with Gasteiger partial charge in [-0.25, -0.2) is 4.79 Å². The highest BCUT2D eigenvalue weighted by Gasteiger charge is 2.27. The number of esters is 1. The number of para-hydroxylation sites is 1. The lowest BCUT2D eigenvalue weighted by molar-refractivity contribution is -0.141. The maximum Gasteiger partial charge on any atom is 0.331 e. The smallest absolute Gasteiger partial charge is 0.331 e. The van der Waals surface area contributed by atoms with E-state index in [0.29, 0.717) is 26.7 Å². The number of Topliss-reactive ketones (excluding diaryl/α,β-unsaturated/α-hetero) is 1. The second-order valence-corrected chi connectivity index (χ2v) is 7.68. The molecule has 0 saturated heterocycles. The van der Waals surface area contributed by atoms with Crippen LogP contribution in [0.15, 0.2) is 85.1 Å². The van der Waals surface area contributed by atoms with Crippen LogP contribution in [-0.4, -0.2) is 16.7 Å². The third-order valence-corrected chi connectivity index (χ3v) is 5.35. The normalized spacial score (nSPS) is 12.2. The minimum Gasteiger partial charge on any atom is -0.446 e. The molecule has 6 heteroatoms. The summed E-state index contributed by atoms with van der Waals surface area (Å²) in [5, 5.41) is 1.68. The molecular weight excluding hydrogens is 433 g/mol. The van der Waals surface area contributed by atoms with E-state index in [9.17, 15) is 9.59 Å². The number of aromatic amines is 1. The Bertz CT molecular complexity index is 1280. The molecule has 4 aromatic rings. The Morgan fingerprint density at radius 3 is 2.45 bits per heavy atom. The summed E-state index contributed by atoms with van der Waals surface area (Å²) in [4.78, 5) is 29.0. The summed E-state index contributed by atoms with van der Waals surface area (Å²) >= 11 is 12.0. The molecule has 1 atom stereocenters. The predicted octanol–water partition coefficient (Wildman–Crippen LogP) is 6.66. The minimum absolute atomic E-state index is 0.310. The topological polar surface area (TPSA) is 59.2 Å². The van der Waals surface area contributed by atoms with Crippen LogP contribution in [0.3, 0.4) is 0 Å². The fraction of sp³-hybridized carbons (Fsp3) is 0.0400. The third kappa shape index (κ3) is 4.71. The van der Waals surface area contributed by atoms with Gasteiger partial charge in [0.15, 0.2) is 6.10 Å². The zero-order valence-electron chi connectivity index (χ0n) is 16.2. The SMILES string of the molecule is O=C(/C=C/c1ccc(Cl)cc1Cl)OC(C(=O)c1c[nH]c2ccccc12)c1ccccc1. The fourth-order valence-corrected chi connectivity index (χ4v) is 3.74. The van der Waals surface area contributed by atoms with E-state index in [4.69, 9.17) is 27.9 Å². The van der Waals surface area contributed by atoms with Gasteiger partial charge in [-0.1, -0.05) is 77.8 Å². The van der Waals surface area contributed by atoms with Crippen molar-refractivity contribution in [3.8, 4) is 0 Å². The summed E-state index contributed by atoms with van der Waals surface area (Å²) in [6, 6.07) is 21.4. The van der Waals surface area contributed by atoms with Crippen LogP contribution in [0.1, 0.15) is 27.6 Å². The Balaban J connectivity index is 1.62. The number of hydrogen-bond acceptors (Lipinski definition) is 3. The highest BCUT2D eigenvalue weighted by atomic mass is 35.5. The number of rotatable bonds is 6. The number of ketones is 1. The predicted molar refractivity (Wildman–Crippen MR) is 123 cm³/mol. The first-order valence-electron chi connectivity index (χ1n) is 9.52. The highest BCUT2D eigenvalue weighted by molar-refractivity contribution is 6.35. The lowest BCUT2D eigenvalue weighted by Gasteiger charge is -2.16. The average molecular weight is 450 g/mol. The molecule has 0 aliphatic carbocycles. The molecule has 0 spiro atoms. The van der Waals surface area contributed by atoms with Crippen molar-refractivity contribution in [3.63, 3.8) is 0 Å². The molecule has 3 aromatic carbocycles. The molecule has 4 rings (SSSR count). The largest absolute Gasteiger partial charge is 0.446 e. The number of aromatic nitrogens is 1. The molecule has 1 unspecified atom stereocenters. The summed E-state index contributed by atoms with van der Waals surface area (Å²) in [7, 11) is 0. The van der Waals surface area contributed by atoms with E-state index in [2.05, 4.69) is 4.98 Å².